The fourth-order valence-corrected chi connectivity index (χ4v) is 4.27. The predicted molar refractivity (Wildman–Crippen MR) is 99.6 cm³/mol. The van der Waals surface area contributed by atoms with Gasteiger partial charge in [0.2, 0.25) is 5.13 Å². The van der Waals surface area contributed by atoms with Crippen LogP contribution in [0.3, 0.4) is 0 Å². The van der Waals surface area contributed by atoms with Crippen LogP contribution in [0.5, 0.6) is 0 Å². The zero-order valence-corrected chi connectivity index (χ0v) is 15.8. The van der Waals surface area contributed by atoms with Crippen molar-refractivity contribution in [3.8, 4) is 0 Å². The first-order chi connectivity index (χ1) is 10.8. The molecule has 0 unspecified atom stereocenters. The van der Waals surface area contributed by atoms with Crippen LogP contribution < -0.4 is 5.32 Å². The summed E-state index contributed by atoms with van der Waals surface area (Å²) in [6.07, 6.45) is 2.32. The summed E-state index contributed by atoms with van der Waals surface area (Å²) in [7, 11) is 2.16. The van der Waals surface area contributed by atoms with Gasteiger partial charge in [-0.2, -0.15) is 0 Å². The monoisotopic (exact) mass is 348 g/mol. The minimum atomic E-state index is -0.00620. The van der Waals surface area contributed by atoms with Crippen molar-refractivity contribution in [1.82, 2.24) is 14.7 Å². The molecule has 0 spiro atoms. The summed E-state index contributed by atoms with van der Waals surface area (Å²) in [6.45, 7) is 7.11. The number of rotatable bonds is 4. The van der Waals surface area contributed by atoms with E-state index in [1.165, 1.54) is 17.5 Å². The molecule has 0 aliphatic heterocycles. The standard InChI is InChI=1S/C17H24N4S2/c1-17(2,3)18-15-19-21(16(22)23-15)11-20(4)14-10-9-12-7-5-6-8-13(12)14/h5-8,14H,9-11H2,1-4H3,(H,18,19)/t14-/m0/s1. The van der Waals surface area contributed by atoms with Gasteiger partial charge in [-0.05, 0) is 64.0 Å². The van der Waals surface area contributed by atoms with E-state index in [-0.39, 0.29) is 5.54 Å². The Bertz CT molecular complexity index is 742. The SMILES string of the molecule is CN(Cn1nc(NC(C)(C)C)sc1=S)[C@H]1CCc2ccccc21. The molecular formula is C17H24N4S2. The molecule has 0 fully saturated rings. The number of anilines is 1. The van der Waals surface area contributed by atoms with E-state index in [0.717, 1.165) is 22.2 Å². The van der Waals surface area contributed by atoms with E-state index in [1.54, 1.807) is 11.3 Å². The molecule has 1 aromatic heterocycles. The Labute approximate surface area is 147 Å². The molecule has 1 atom stereocenters. The van der Waals surface area contributed by atoms with Crippen molar-refractivity contribution >= 4 is 28.7 Å². The Kier molecular flexibility index (Phi) is 4.58. The Morgan fingerprint density at radius 3 is 2.87 bits per heavy atom. The molecule has 0 saturated carbocycles. The van der Waals surface area contributed by atoms with Crippen molar-refractivity contribution in [3.63, 3.8) is 0 Å². The highest BCUT2D eigenvalue weighted by Gasteiger charge is 2.26. The van der Waals surface area contributed by atoms with Gasteiger partial charge < -0.3 is 5.32 Å². The average molecular weight is 349 g/mol. The smallest absolute Gasteiger partial charge is 0.205 e. The number of benzene rings is 1. The van der Waals surface area contributed by atoms with E-state index >= 15 is 0 Å². The highest BCUT2D eigenvalue weighted by Crippen LogP contribution is 2.35. The minimum Gasteiger partial charge on any atom is -0.356 e. The van der Waals surface area contributed by atoms with E-state index in [9.17, 15) is 0 Å². The lowest BCUT2D eigenvalue weighted by Crippen LogP contribution is -2.28. The summed E-state index contributed by atoms with van der Waals surface area (Å²) in [6, 6.07) is 9.20. The maximum Gasteiger partial charge on any atom is 0.205 e. The largest absolute Gasteiger partial charge is 0.356 e. The van der Waals surface area contributed by atoms with Crippen LogP contribution in [0.25, 0.3) is 0 Å². The third-order valence-corrected chi connectivity index (χ3v) is 5.30. The molecule has 23 heavy (non-hydrogen) atoms. The van der Waals surface area contributed by atoms with Gasteiger partial charge in [-0.15, -0.1) is 5.10 Å². The number of nitrogens with zero attached hydrogens (tertiary/aromatic N) is 3. The second-order valence-electron chi connectivity index (χ2n) is 7.20. The van der Waals surface area contributed by atoms with Gasteiger partial charge in [0.25, 0.3) is 0 Å². The molecule has 2 aromatic rings. The van der Waals surface area contributed by atoms with Gasteiger partial charge in [0.1, 0.15) is 0 Å². The first kappa shape index (κ1) is 16.6. The molecule has 0 saturated heterocycles. The summed E-state index contributed by atoms with van der Waals surface area (Å²) in [5.74, 6) is 0. The lowest BCUT2D eigenvalue weighted by atomic mass is 10.1. The molecule has 1 aliphatic carbocycles. The highest BCUT2D eigenvalue weighted by atomic mass is 32.1. The molecule has 1 aliphatic rings. The van der Waals surface area contributed by atoms with Crippen molar-refractivity contribution in [3.05, 3.63) is 39.3 Å². The topological polar surface area (TPSA) is 33.1 Å². The molecular weight excluding hydrogens is 324 g/mol. The van der Waals surface area contributed by atoms with Gasteiger partial charge in [0.05, 0.1) is 6.67 Å². The molecule has 1 heterocycles. The van der Waals surface area contributed by atoms with Crippen LogP contribution in [0.1, 0.15) is 44.4 Å². The first-order valence-corrected chi connectivity index (χ1v) is 9.20. The van der Waals surface area contributed by atoms with Crippen LogP contribution in [0, 0.1) is 3.95 Å². The van der Waals surface area contributed by atoms with Crippen LogP contribution in [0.2, 0.25) is 0 Å². The van der Waals surface area contributed by atoms with Crippen molar-refractivity contribution < 1.29 is 0 Å². The molecule has 6 heteroatoms. The molecule has 0 amide bonds. The zero-order valence-electron chi connectivity index (χ0n) is 14.2. The molecule has 0 radical (unpaired) electrons. The van der Waals surface area contributed by atoms with Crippen molar-refractivity contribution in [2.24, 2.45) is 0 Å². The lowest BCUT2D eigenvalue weighted by molar-refractivity contribution is 0.183. The van der Waals surface area contributed by atoms with Crippen molar-refractivity contribution in [2.75, 3.05) is 12.4 Å². The first-order valence-electron chi connectivity index (χ1n) is 7.98. The Hall–Kier alpha value is -1.24. The van der Waals surface area contributed by atoms with Crippen LogP contribution in [-0.4, -0.2) is 27.3 Å². The van der Waals surface area contributed by atoms with Crippen molar-refractivity contribution in [2.45, 2.75) is 51.9 Å². The molecule has 1 N–H and O–H groups in total. The number of fused-ring (bicyclic) bond motifs is 1. The van der Waals surface area contributed by atoms with Crippen LogP contribution in [-0.2, 0) is 13.1 Å². The second-order valence-corrected chi connectivity index (χ2v) is 8.82. The fourth-order valence-electron chi connectivity index (χ4n) is 3.07. The molecule has 1 aromatic carbocycles. The number of aryl methyl sites for hydroxylation is 1. The lowest BCUT2D eigenvalue weighted by Gasteiger charge is -2.25. The quantitative estimate of drug-likeness (QED) is 0.827. The van der Waals surface area contributed by atoms with Crippen LogP contribution in [0.15, 0.2) is 24.3 Å². The van der Waals surface area contributed by atoms with Gasteiger partial charge in [0.15, 0.2) is 3.95 Å². The highest BCUT2D eigenvalue weighted by molar-refractivity contribution is 7.73. The Morgan fingerprint density at radius 1 is 1.39 bits per heavy atom. The molecule has 0 bridgehead atoms. The van der Waals surface area contributed by atoms with Gasteiger partial charge in [-0.3, -0.25) is 4.90 Å². The molecule has 4 nitrogen and oxygen atoms in total. The van der Waals surface area contributed by atoms with Gasteiger partial charge in [0, 0.05) is 11.6 Å². The maximum atomic E-state index is 5.49. The van der Waals surface area contributed by atoms with E-state index in [4.69, 9.17) is 12.2 Å². The fraction of sp³-hybridized carbons (Fsp3) is 0.529. The number of hydrogen-bond donors (Lipinski definition) is 1. The summed E-state index contributed by atoms with van der Waals surface area (Å²) < 4.78 is 2.74. The van der Waals surface area contributed by atoms with E-state index in [2.05, 4.69) is 67.4 Å². The van der Waals surface area contributed by atoms with Gasteiger partial charge in [-0.25, -0.2) is 4.68 Å². The Morgan fingerprint density at radius 2 is 2.13 bits per heavy atom. The number of nitrogens with one attached hydrogen (secondary N) is 1. The van der Waals surface area contributed by atoms with Gasteiger partial charge >= 0.3 is 0 Å². The maximum absolute atomic E-state index is 5.49. The minimum absolute atomic E-state index is 0.00620. The Balaban J connectivity index is 1.74. The normalized spacial score (nSPS) is 17.5. The second kappa shape index (κ2) is 6.34. The summed E-state index contributed by atoms with van der Waals surface area (Å²) in [5.41, 5.74) is 2.92. The van der Waals surface area contributed by atoms with E-state index < -0.39 is 0 Å². The van der Waals surface area contributed by atoms with Crippen molar-refractivity contribution in [1.29, 1.82) is 0 Å². The summed E-state index contributed by atoms with van der Waals surface area (Å²) in [5, 5.41) is 8.93. The van der Waals surface area contributed by atoms with E-state index in [1.807, 2.05) is 4.68 Å². The molecule has 3 rings (SSSR count). The third kappa shape index (κ3) is 3.82. The average Bonchev–Trinajstić information content (AvgIpc) is 3.01. The van der Waals surface area contributed by atoms with Gasteiger partial charge in [-0.1, -0.05) is 35.6 Å². The predicted octanol–water partition coefficient (Wildman–Crippen LogP) is 4.46. The number of aromatic nitrogens is 2. The number of hydrogen-bond acceptors (Lipinski definition) is 5. The van der Waals surface area contributed by atoms with Crippen LogP contribution >= 0.6 is 23.6 Å². The van der Waals surface area contributed by atoms with E-state index in [0.29, 0.717) is 6.04 Å². The van der Waals surface area contributed by atoms with Crippen LogP contribution in [0.4, 0.5) is 5.13 Å². The molecule has 124 valence electrons. The summed E-state index contributed by atoms with van der Waals surface area (Å²) in [4.78, 5) is 2.35. The summed E-state index contributed by atoms with van der Waals surface area (Å²) >= 11 is 7.03. The third-order valence-electron chi connectivity index (χ3n) is 4.08. The zero-order chi connectivity index (χ0) is 16.6.